The number of Topliss-reactive ketones (excluding diaryl/α,β-unsaturated/α-hetero) is 1. The van der Waals surface area contributed by atoms with Crippen LogP contribution in [0.5, 0.6) is 0 Å². The van der Waals surface area contributed by atoms with Gasteiger partial charge in [0.1, 0.15) is 5.78 Å². The molecule has 1 aliphatic rings. The Balaban J connectivity index is 1.59. The van der Waals surface area contributed by atoms with Crippen molar-refractivity contribution in [3.05, 3.63) is 59.9 Å². The Kier molecular flexibility index (Phi) is 6.55. The van der Waals surface area contributed by atoms with Crippen LogP contribution in [0, 0.1) is 17.2 Å². The minimum absolute atomic E-state index is 0.104. The van der Waals surface area contributed by atoms with Crippen molar-refractivity contribution in [3.8, 4) is 6.07 Å². The van der Waals surface area contributed by atoms with E-state index in [2.05, 4.69) is 11.1 Å². The van der Waals surface area contributed by atoms with Gasteiger partial charge >= 0.3 is 0 Å². The average Bonchev–Trinajstić information content (AvgIpc) is 2.73. The Morgan fingerprint density at radius 1 is 1.21 bits per heavy atom. The number of nitrogens with zero attached hydrogens (tertiary/aromatic N) is 3. The van der Waals surface area contributed by atoms with Gasteiger partial charge in [0.25, 0.3) is 0 Å². The van der Waals surface area contributed by atoms with E-state index in [1.54, 1.807) is 36.7 Å². The first kappa shape index (κ1) is 20.2. The normalized spacial score (nSPS) is 17.8. The minimum Gasteiger partial charge on any atom is -0.299 e. The maximum Gasteiger partial charge on any atom is 0.243 e. The van der Waals surface area contributed by atoms with Crippen LogP contribution >= 0.6 is 0 Å². The molecule has 1 aliphatic heterocycles. The van der Waals surface area contributed by atoms with Crippen LogP contribution in [0.3, 0.4) is 0 Å². The highest BCUT2D eigenvalue weighted by molar-refractivity contribution is 7.89. The molecule has 1 saturated heterocycles. The second kappa shape index (κ2) is 9.09. The number of hydrogen-bond donors (Lipinski definition) is 0. The SMILES string of the molecule is N#C[C@@H]1CCCN(S(=O)(=O)c2ccc(CC(=O)CCc3cccnc3)cc2)C1. The molecule has 0 saturated carbocycles. The van der Waals surface area contributed by atoms with Crippen LogP contribution < -0.4 is 0 Å². The van der Waals surface area contributed by atoms with Gasteiger partial charge in [0, 0.05) is 38.3 Å². The van der Waals surface area contributed by atoms with E-state index in [0.717, 1.165) is 17.5 Å². The molecule has 0 unspecified atom stereocenters. The Hall–Kier alpha value is -2.56. The standard InChI is InChI=1S/C21H23N3O3S/c22-14-19-4-2-12-24(16-19)28(26,27)21-9-6-17(7-10-21)13-20(25)8-5-18-3-1-11-23-15-18/h1,3,6-7,9-11,15,19H,2,4-5,8,12-13,16H2/t19-/m0/s1. The van der Waals surface area contributed by atoms with Crippen molar-refractivity contribution in [2.45, 2.75) is 37.0 Å². The van der Waals surface area contributed by atoms with Gasteiger partial charge in [0.2, 0.25) is 10.0 Å². The van der Waals surface area contributed by atoms with Crippen molar-refractivity contribution in [1.82, 2.24) is 9.29 Å². The zero-order chi connectivity index (χ0) is 20.0. The van der Waals surface area contributed by atoms with Crippen LogP contribution in [0.15, 0.2) is 53.7 Å². The smallest absolute Gasteiger partial charge is 0.243 e. The van der Waals surface area contributed by atoms with Crippen molar-refractivity contribution >= 4 is 15.8 Å². The van der Waals surface area contributed by atoms with E-state index in [-0.39, 0.29) is 29.6 Å². The number of aromatic nitrogens is 1. The molecule has 3 rings (SSSR count). The second-order valence-electron chi connectivity index (χ2n) is 7.05. The highest BCUT2D eigenvalue weighted by atomic mass is 32.2. The summed E-state index contributed by atoms with van der Waals surface area (Å²) in [6.45, 7) is 0.683. The molecule has 28 heavy (non-hydrogen) atoms. The maximum absolute atomic E-state index is 12.8. The fourth-order valence-electron chi connectivity index (χ4n) is 3.34. The maximum atomic E-state index is 12.8. The summed E-state index contributed by atoms with van der Waals surface area (Å²) in [5.74, 6) is -0.146. The fourth-order valence-corrected chi connectivity index (χ4v) is 4.86. The Morgan fingerprint density at radius 3 is 2.68 bits per heavy atom. The van der Waals surface area contributed by atoms with Crippen LogP contribution in [0.4, 0.5) is 0 Å². The first-order valence-electron chi connectivity index (χ1n) is 9.38. The highest BCUT2D eigenvalue weighted by Crippen LogP contribution is 2.23. The summed E-state index contributed by atoms with van der Waals surface area (Å²) in [6.07, 6.45) is 6.24. The first-order chi connectivity index (χ1) is 13.5. The van der Waals surface area contributed by atoms with Crippen LogP contribution in [-0.2, 0) is 27.7 Å². The number of ketones is 1. The third-order valence-corrected chi connectivity index (χ3v) is 6.82. The number of rotatable bonds is 7. The van der Waals surface area contributed by atoms with Crippen LogP contribution in [0.25, 0.3) is 0 Å². The Labute approximate surface area is 165 Å². The van der Waals surface area contributed by atoms with E-state index in [0.29, 0.717) is 25.8 Å². The van der Waals surface area contributed by atoms with E-state index >= 15 is 0 Å². The molecule has 0 amide bonds. The van der Waals surface area contributed by atoms with E-state index in [1.807, 2.05) is 12.1 Å². The summed E-state index contributed by atoms with van der Waals surface area (Å²) in [5.41, 5.74) is 1.82. The number of piperidine rings is 1. The number of hydrogen-bond acceptors (Lipinski definition) is 5. The molecule has 146 valence electrons. The number of aryl methyl sites for hydroxylation is 1. The van der Waals surface area contributed by atoms with Gasteiger partial charge in [-0.25, -0.2) is 8.42 Å². The number of carbonyl (C=O) groups is 1. The third kappa shape index (κ3) is 5.03. The molecule has 1 aromatic heterocycles. The van der Waals surface area contributed by atoms with Crippen molar-refractivity contribution < 1.29 is 13.2 Å². The lowest BCUT2D eigenvalue weighted by atomic mass is 10.0. The van der Waals surface area contributed by atoms with Crippen molar-refractivity contribution in [3.63, 3.8) is 0 Å². The summed E-state index contributed by atoms with van der Waals surface area (Å²) in [5, 5.41) is 9.07. The zero-order valence-electron chi connectivity index (χ0n) is 15.6. The van der Waals surface area contributed by atoms with Gasteiger partial charge < -0.3 is 0 Å². The fraction of sp³-hybridized carbons (Fsp3) is 0.381. The number of pyridine rings is 1. The summed E-state index contributed by atoms with van der Waals surface area (Å²) in [4.78, 5) is 16.5. The molecular formula is C21H23N3O3S. The predicted octanol–water partition coefficient (Wildman–Crippen LogP) is 2.75. The monoisotopic (exact) mass is 397 g/mol. The summed E-state index contributed by atoms with van der Waals surface area (Å²) >= 11 is 0. The Bertz CT molecular complexity index is 951. The summed E-state index contributed by atoms with van der Waals surface area (Å²) in [7, 11) is -3.61. The molecule has 6 nitrogen and oxygen atoms in total. The molecule has 1 atom stereocenters. The quantitative estimate of drug-likeness (QED) is 0.716. The zero-order valence-corrected chi connectivity index (χ0v) is 16.4. The predicted molar refractivity (Wildman–Crippen MR) is 105 cm³/mol. The molecule has 0 bridgehead atoms. The highest BCUT2D eigenvalue weighted by Gasteiger charge is 2.30. The third-order valence-electron chi connectivity index (χ3n) is 4.94. The topological polar surface area (TPSA) is 91.1 Å². The van der Waals surface area contributed by atoms with Gasteiger partial charge in [-0.2, -0.15) is 9.57 Å². The molecule has 0 aliphatic carbocycles. The average molecular weight is 398 g/mol. The lowest BCUT2D eigenvalue weighted by Crippen LogP contribution is -2.39. The van der Waals surface area contributed by atoms with Crippen molar-refractivity contribution in [1.29, 1.82) is 5.26 Å². The molecular weight excluding hydrogens is 374 g/mol. The van der Waals surface area contributed by atoms with Gasteiger partial charge in [-0.1, -0.05) is 18.2 Å². The van der Waals surface area contributed by atoms with Gasteiger partial charge in [-0.05, 0) is 48.6 Å². The van der Waals surface area contributed by atoms with Gasteiger partial charge in [0.15, 0.2) is 0 Å². The molecule has 7 heteroatoms. The van der Waals surface area contributed by atoms with Gasteiger partial charge in [-0.15, -0.1) is 0 Å². The van der Waals surface area contributed by atoms with Crippen LogP contribution in [-0.4, -0.2) is 36.6 Å². The summed E-state index contributed by atoms with van der Waals surface area (Å²) in [6, 6.07) is 12.4. The Morgan fingerprint density at radius 2 is 2.00 bits per heavy atom. The molecule has 0 spiro atoms. The van der Waals surface area contributed by atoms with Gasteiger partial charge in [-0.3, -0.25) is 9.78 Å². The van der Waals surface area contributed by atoms with E-state index in [9.17, 15) is 13.2 Å². The van der Waals surface area contributed by atoms with E-state index in [4.69, 9.17) is 5.26 Å². The molecule has 1 aromatic carbocycles. The van der Waals surface area contributed by atoms with Crippen molar-refractivity contribution in [2.24, 2.45) is 5.92 Å². The number of nitriles is 1. The molecule has 1 fully saturated rings. The molecule has 2 aromatic rings. The molecule has 0 radical (unpaired) electrons. The van der Waals surface area contributed by atoms with Gasteiger partial charge in [0.05, 0.1) is 16.9 Å². The molecule has 2 heterocycles. The van der Waals surface area contributed by atoms with E-state index in [1.165, 1.54) is 4.31 Å². The number of benzene rings is 1. The largest absolute Gasteiger partial charge is 0.299 e. The van der Waals surface area contributed by atoms with Crippen molar-refractivity contribution in [2.75, 3.05) is 13.1 Å². The van der Waals surface area contributed by atoms with Crippen LogP contribution in [0.2, 0.25) is 0 Å². The lowest BCUT2D eigenvalue weighted by molar-refractivity contribution is -0.118. The minimum atomic E-state index is -3.61. The van der Waals surface area contributed by atoms with Crippen LogP contribution in [0.1, 0.15) is 30.4 Å². The first-order valence-corrected chi connectivity index (χ1v) is 10.8. The van der Waals surface area contributed by atoms with E-state index < -0.39 is 10.0 Å². The summed E-state index contributed by atoms with van der Waals surface area (Å²) < 4.78 is 27.0. The molecule has 0 N–H and O–H groups in total. The second-order valence-corrected chi connectivity index (χ2v) is 8.99. The lowest BCUT2D eigenvalue weighted by Gasteiger charge is -2.28. The number of carbonyl (C=O) groups excluding carboxylic acids is 1. The number of sulfonamides is 1.